The zero-order chi connectivity index (χ0) is 13.7. The van der Waals surface area contributed by atoms with Crippen molar-refractivity contribution in [3.05, 3.63) is 29.6 Å². The van der Waals surface area contributed by atoms with E-state index in [1.165, 1.54) is 19.2 Å². The van der Waals surface area contributed by atoms with Gasteiger partial charge in [0.1, 0.15) is 17.1 Å². The fourth-order valence-electron chi connectivity index (χ4n) is 1.31. The molecule has 0 aliphatic rings. The fourth-order valence-corrected chi connectivity index (χ4v) is 1.31. The monoisotopic (exact) mass is 257 g/mol. The maximum Gasteiger partial charge on any atom is 0.328 e. The lowest BCUT2D eigenvalue weighted by Crippen LogP contribution is -2.43. The third kappa shape index (κ3) is 2.95. The molecule has 7 heteroatoms. The average molecular weight is 257 g/mol. The predicted molar refractivity (Wildman–Crippen MR) is 58.9 cm³/mol. The Balaban J connectivity index is 3.00. The van der Waals surface area contributed by atoms with Crippen molar-refractivity contribution in [3.8, 4) is 5.75 Å². The Morgan fingerprint density at radius 3 is 2.67 bits per heavy atom. The van der Waals surface area contributed by atoms with Crippen LogP contribution in [0, 0.1) is 5.82 Å². The van der Waals surface area contributed by atoms with Crippen LogP contribution in [0.15, 0.2) is 18.2 Å². The molecule has 0 spiro atoms. The molecule has 0 aliphatic heterocycles. The van der Waals surface area contributed by atoms with Crippen molar-refractivity contribution in [3.63, 3.8) is 0 Å². The van der Waals surface area contributed by atoms with Crippen LogP contribution in [0.1, 0.15) is 10.4 Å². The Morgan fingerprint density at radius 1 is 1.50 bits per heavy atom. The van der Waals surface area contributed by atoms with E-state index in [0.717, 1.165) is 6.07 Å². The average Bonchev–Trinajstić information content (AvgIpc) is 2.34. The number of hydrogen-bond acceptors (Lipinski definition) is 4. The highest BCUT2D eigenvalue weighted by Crippen LogP contribution is 2.20. The van der Waals surface area contributed by atoms with E-state index in [9.17, 15) is 14.0 Å². The quantitative estimate of drug-likeness (QED) is 0.690. The zero-order valence-electron chi connectivity index (χ0n) is 9.51. The van der Waals surface area contributed by atoms with Crippen LogP contribution in [0.25, 0.3) is 0 Å². The molecule has 1 atom stereocenters. The summed E-state index contributed by atoms with van der Waals surface area (Å²) in [5.74, 6) is -3.24. The molecule has 0 saturated carbocycles. The first kappa shape index (κ1) is 13.9. The largest absolute Gasteiger partial charge is 0.496 e. The first-order valence-corrected chi connectivity index (χ1v) is 4.98. The third-order valence-corrected chi connectivity index (χ3v) is 2.21. The number of ether oxygens (including phenoxy) is 1. The molecule has 6 nitrogen and oxygen atoms in total. The van der Waals surface area contributed by atoms with Gasteiger partial charge in [0, 0.05) is 0 Å². The lowest BCUT2D eigenvalue weighted by molar-refractivity contribution is -0.140. The molecular weight excluding hydrogens is 245 g/mol. The molecule has 1 unspecified atom stereocenters. The molecule has 0 radical (unpaired) electrons. The molecule has 1 amide bonds. The summed E-state index contributed by atoms with van der Waals surface area (Å²) in [6.45, 7) is -0.794. The van der Waals surface area contributed by atoms with Crippen LogP contribution in [-0.2, 0) is 4.79 Å². The van der Waals surface area contributed by atoms with Crippen molar-refractivity contribution < 1.29 is 28.9 Å². The van der Waals surface area contributed by atoms with E-state index in [4.69, 9.17) is 14.9 Å². The second kappa shape index (κ2) is 5.97. The second-order valence-corrected chi connectivity index (χ2v) is 3.36. The van der Waals surface area contributed by atoms with Crippen molar-refractivity contribution in [1.29, 1.82) is 0 Å². The van der Waals surface area contributed by atoms with Gasteiger partial charge in [0.2, 0.25) is 0 Å². The molecule has 0 aliphatic carbocycles. The van der Waals surface area contributed by atoms with E-state index in [-0.39, 0.29) is 5.75 Å². The number of carbonyl (C=O) groups is 2. The van der Waals surface area contributed by atoms with Crippen LogP contribution in [-0.4, -0.2) is 41.8 Å². The summed E-state index contributed by atoms with van der Waals surface area (Å²) in [5.41, 5.74) is -0.403. The van der Waals surface area contributed by atoms with Gasteiger partial charge in [-0.15, -0.1) is 0 Å². The van der Waals surface area contributed by atoms with E-state index in [1.54, 1.807) is 0 Å². The van der Waals surface area contributed by atoms with E-state index in [0.29, 0.717) is 0 Å². The molecule has 98 valence electrons. The molecule has 0 aromatic heterocycles. The minimum absolute atomic E-state index is 0.0189. The number of amides is 1. The molecule has 1 rings (SSSR count). The first-order chi connectivity index (χ1) is 8.51. The Bertz CT molecular complexity index is 463. The van der Waals surface area contributed by atoms with Crippen molar-refractivity contribution in [2.45, 2.75) is 6.04 Å². The normalized spacial score (nSPS) is 11.7. The Labute approximate surface area is 102 Å². The summed E-state index contributed by atoms with van der Waals surface area (Å²) in [6.07, 6.45) is 0. The number of carbonyl (C=O) groups excluding carboxylic acids is 1. The Morgan fingerprint density at radius 2 is 2.17 bits per heavy atom. The summed E-state index contributed by atoms with van der Waals surface area (Å²) in [5, 5.41) is 19.4. The van der Waals surface area contributed by atoms with Crippen molar-refractivity contribution in [2.24, 2.45) is 0 Å². The maximum atomic E-state index is 13.5. The third-order valence-electron chi connectivity index (χ3n) is 2.21. The van der Waals surface area contributed by atoms with E-state index >= 15 is 0 Å². The highest BCUT2D eigenvalue weighted by molar-refractivity contribution is 5.99. The minimum Gasteiger partial charge on any atom is -0.496 e. The number of halogens is 1. The van der Waals surface area contributed by atoms with Crippen LogP contribution in [0.2, 0.25) is 0 Å². The molecule has 0 fully saturated rings. The van der Waals surface area contributed by atoms with E-state index < -0.39 is 35.9 Å². The summed E-state index contributed by atoms with van der Waals surface area (Å²) in [6, 6.07) is 2.27. The van der Waals surface area contributed by atoms with Gasteiger partial charge in [0.05, 0.1) is 13.7 Å². The van der Waals surface area contributed by atoms with Gasteiger partial charge in [-0.1, -0.05) is 6.07 Å². The smallest absolute Gasteiger partial charge is 0.328 e. The van der Waals surface area contributed by atoms with Gasteiger partial charge in [-0.05, 0) is 12.1 Å². The van der Waals surface area contributed by atoms with Gasteiger partial charge >= 0.3 is 5.97 Å². The van der Waals surface area contributed by atoms with Crippen LogP contribution in [0.3, 0.4) is 0 Å². The molecule has 1 aromatic carbocycles. The maximum absolute atomic E-state index is 13.5. The molecule has 0 heterocycles. The summed E-state index contributed by atoms with van der Waals surface area (Å²) < 4.78 is 18.3. The highest BCUT2D eigenvalue weighted by atomic mass is 19.1. The van der Waals surface area contributed by atoms with Crippen molar-refractivity contribution in [2.75, 3.05) is 13.7 Å². The number of rotatable bonds is 5. The number of benzene rings is 1. The number of methoxy groups -OCH3 is 1. The number of carboxylic acid groups (broad SMARTS) is 1. The van der Waals surface area contributed by atoms with Crippen LogP contribution in [0.5, 0.6) is 5.75 Å². The number of carboxylic acids is 1. The lowest BCUT2D eigenvalue weighted by Gasteiger charge is -2.13. The van der Waals surface area contributed by atoms with Crippen molar-refractivity contribution in [1.82, 2.24) is 5.32 Å². The van der Waals surface area contributed by atoms with Crippen LogP contribution >= 0.6 is 0 Å². The number of hydrogen-bond donors (Lipinski definition) is 3. The SMILES string of the molecule is COc1cccc(F)c1C(=O)NC(CO)C(=O)O. The second-order valence-electron chi connectivity index (χ2n) is 3.36. The van der Waals surface area contributed by atoms with E-state index in [1.807, 2.05) is 5.32 Å². The molecule has 0 saturated heterocycles. The fraction of sp³-hybridized carbons (Fsp3) is 0.273. The van der Waals surface area contributed by atoms with Crippen molar-refractivity contribution >= 4 is 11.9 Å². The Hall–Kier alpha value is -2.15. The van der Waals surface area contributed by atoms with Crippen LogP contribution < -0.4 is 10.1 Å². The van der Waals surface area contributed by atoms with Gasteiger partial charge in [-0.3, -0.25) is 4.79 Å². The number of aliphatic hydroxyl groups is 1. The molecule has 1 aromatic rings. The van der Waals surface area contributed by atoms with Gasteiger partial charge in [0.15, 0.2) is 6.04 Å². The van der Waals surface area contributed by atoms with E-state index in [2.05, 4.69) is 0 Å². The number of aliphatic hydroxyl groups excluding tert-OH is 1. The summed E-state index contributed by atoms with van der Waals surface area (Å²) >= 11 is 0. The summed E-state index contributed by atoms with van der Waals surface area (Å²) in [4.78, 5) is 22.4. The zero-order valence-corrected chi connectivity index (χ0v) is 9.51. The first-order valence-electron chi connectivity index (χ1n) is 4.98. The predicted octanol–water partition coefficient (Wildman–Crippen LogP) is 0.00960. The summed E-state index contributed by atoms with van der Waals surface area (Å²) in [7, 11) is 1.26. The Kier molecular flexibility index (Phi) is 4.61. The number of aliphatic carboxylic acids is 1. The molecule has 3 N–H and O–H groups in total. The standard InChI is InChI=1S/C11H12FNO5/c1-18-8-4-2-3-6(12)9(8)10(15)13-7(5-14)11(16)17/h2-4,7,14H,5H2,1H3,(H,13,15)(H,16,17). The van der Waals surface area contributed by atoms with Gasteiger partial charge < -0.3 is 20.3 Å². The van der Waals surface area contributed by atoms with Crippen LogP contribution in [0.4, 0.5) is 4.39 Å². The number of nitrogens with one attached hydrogen (secondary N) is 1. The van der Waals surface area contributed by atoms with Gasteiger partial charge in [0.25, 0.3) is 5.91 Å². The molecule has 18 heavy (non-hydrogen) atoms. The molecule has 0 bridgehead atoms. The van der Waals surface area contributed by atoms with Gasteiger partial charge in [-0.2, -0.15) is 0 Å². The highest BCUT2D eigenvalue weighted by Gasteiger charge is 2.23. The molecular formula is C11H12FNO5. The minimum atomic E-state index is -1.50. The lowest BCUT2D eigenvalue weighted by atomic mass is 10.1. The topological polar surface area (TPSA) is 95.9 Å². The van der Waals surface area contributed by atoms with Gasteiger partial charge in [-0.25, -0.2) is 9.18 Å².